The van der Waals surface area contributed by atoms with Crippen LogP contribution in [-0.2, 0) is 9.59 Å². The normalized spacial score (nSPS) is 31.2. The van der Waals surface area contributed by atoms with E-state index in [0.717, 1.165) is 12.8 Å². The summed E-state index contributed by atoms with van der Waals surface area (Å²) in [7, 11) is 0. The lowest BCUT2D eigenvalue weighted by molar-refractivity contribution is -0.126. The van der Waals surface area contributed by atoms with Gasteiger partial charge in [-0.1, -0.05) is 12.8 Å². The molecule has 1 N–H and O–H groups in total. The van der Waals surface area contributed by atoms with Crippen LogP contribution in [0.15, 0.2) is 0 Å². The molecule has 0 bridgehead atoms. The molecule has 0 spiro atoms. The first-order chi connectivity index (χ1) is 5.77. The minimum Gasteiger partial charge on any atom is -0.296 e. The van der Waals surface area contributed by atoms with Gasteiger partial charge in [0.25, 0.3) is 0 Å². The van der Waals surface area contributed by atoms with E-state index in [1.54, 1.807) is 0 Å². The van der Waals surface area contributed by atoms with Gasteiger partial charge >= 0.3 is 0 Å². The van der Waals surface area contributed by atoms with E-state index in [9.17, 15) is 9.59 Å². The molecule has 1 aliphatic carbocycles. The molecular formula is C9H13NO2. The summed E-state index contributed by atoms with van der Waals surface area (Å²) in [6.45, 7) is 0. The van der Waals surface area contributed by atoms with E-state index < -0.39 is 0 Å². The Labute approximate surface area is 71.5 Å². The molecule has 0 aromatic carbocycles. The molecule has 2 aliphatic rings. The molecule has 1 saturated carbocycles. The zero-order valence-corrected chi connectivity index (χ0v) is 7.01. The molecule has 0 aromatic rings. The van der Waals surface area contributed by atoms with E-state index >= 15 is 0 Å². The summed E-state index contributed by atoms with van der Waals surface area (Å²) >= 11 is 0. The van der Waals surface area contributed by atoms with Gasteiger partial charge in [0.15, 0.2) is 0 Å². The monoisotopic (exact) mass is 167 g/mol. The number of hydrogen-bond acceptors (Lipinski definition) is 2. The number of nitrogens with one attached hydrogen (secondary N) is 1. The molecule has 0 radical (unpaired) electrons. The molecule has 1 heterocycles. The highest BCUT2D eigenvalue weighted by atomic mass is 16.2. The fourth-order valence-corrected chi connectivity index (χ4v) is 2.31. The molecule has 1 saturated heterocycles. The van der Waals surface area contributed by atoms with E-state index in [4.69, 9.17) is 0 Å². The predicted octanol–water partition coefficient (Wildman–Crippen LogP) is 0.839. The third kappa shape index (κ3) is 1.24. The average molecular weight is 167 g/mol. The standard InChI is InChI=1S/C9H13NO2/c11-8-5-7(9(12)10-8)6-3-1-2-4-6/h6-7H,1-5H2,(H,10,11,12). The Morgan fingerprint density at radius 3 is 2.33 bits per heavy atom. The van der Waals surface area contributed by atoms with Gasteiger partial charge in [-0.3, -0.25) is 14.9 Å². The molecule has 12 heavy (non-hydrogen) atoms. The number of carbonyl (C=O) groups is 2. The number of amides is 2. The van der Waals surface area contributed by atoms with Crippen molar-refractivity contribution in [1.29, 1.82) is 0 Å². The Kier molecular flexibility index (Phi) is 1.87. The van der Waals surface area contributed by atoms with Gasteiger partial charge in [-0.15, -0.1) is 0 Å². The molecule has 2 rings (SSSR count). The number of rotatable bonds is 1. The second kappa shape index (κ2) is 2.88. The lowest BCUT2D eigenvalue weighted by Crippen LogP contribution is -2.25. The highest BCUT2D eigenvalue weighted by Crippen LogP contribution is 2.34. The van der Waals surface area contributed by atoms with Gasteiger partial charge in [0.1, 0.15) is 0 Å². The molecule has 3 nitrogen and oxygen atoms in total. The Hall–Kier alpha value is -0.860. The van der Waals surface area contributed by atoms with Gasteiger partial charge in [-0.2, -0.15) is 0 Å². The zero-order chi connectivity index (χ0) is 8.55. The minimum absolute atomic E-state index is 0.000000000000000222. The summed E-state index contributed by atoms with van der Waals surface area (Å²) in [5.41, 5.74) is 0. The maximum absolute atomic E-state index is 11.2. The van der Waals surface area contributed by atoms with Gasteiger partial charge in [0, 0.05) is 12.3 Å². The minimum atomic E-state index is -0.0862. The fraction of sp³-hybridized carbons (Fsp3) is 0.778. The van der Waals surface area contributed by atoms with Crippen LogP contribution in [0.4, 0.5) is 0 Å². The Morgan fingerprint density at radius 1 is 1.17 bits per heavy atom. The van der Waals surface area contributed by atoms with Crippen molar-refractivity contribution in [2.24, 2.45) is 11.8 Å². The van der Waals surface area contributed by atoms with Crippen LogP contribution in [0.3, 0.4) is 0 Å². The molecular weight excluding hydrogens is 154 g/mol. The van der Waals surface area contributed by atoms with Gasteiger partial charge in [-0.05, 0) is 18.8 Å². The molecule has 66 valence electrons. The van der Waals surface area contributed by atoms with E-state index in [1.165, 1.54) is 12.8 Å². The average Bonchev–Trinajstić information content (AvgIpc) is 2.58. The van der Waals surface area contributed by atoms with Crippen molar-refractivity contribution in [3.8, 4) is 0 Å². The van der Waals surface area contributed by atoms with Crippen molar-refractivity contribution in [3.63, 3.8) is 0 Å². The third-order valence-corrected chi connectivity index (χ3v) is 2.97. The summed E-state index contributed by atoms with van der Waals surface area (Å²) in [5, 5.41) is 2.37. The predicted molar refractivity (Wildman–Crippen MR) is 43.2 cm³/mol. The molecule has 3 heteroatoms. The van der Waals surface area contributed by atoms with Crippen molar-refractivity contribution < 1.29 is 9.59 Å². The van der Waals surface area contributed by atoms with Crippen LogP contribution in [0.25, 0.3) is 0 Å². The zero-order valence-electron chi connectivity index (χ0n) is 7.01. The van der Waals surface area contributed by atoms with Crippen LogP contribution in [0.2, 0.25) is 0 Å². The van der Waals surface area contributed by atoms with Crippen LogP contribution >= 0.6 is 0 Å². The smallest absolute Gasteiger partial charge is 0.230 e. The van der Waals surface area contributed by atoms with Crippen molar-refractivity contribution in [1.82, 2.24) is 5.32 Å². The second-order valence-corrected chi connectivity index (χ2v) is 3.77. The van der Waals surface area contributed by atoms with E-state index in [2.05, 4.69) is 5.32 Å². The van der Waals surface area contributed by atoms with Gasteiger partial charge < -0.3 is 0 Å². The van der Waals surface area contributed by atoms with Crippen LogP contribution in [-0.4, -0.2) is 11.8 Å². The number of imide groups is 1. The molecule has 1 atom stereocenters. The largest absolute Gasteiger partial charge is 0.296 e. The van der Waals surface area contributed by atoms with E-state index in [1.807, 2.05) is 0 Å². The Bertz CT molecular complexity index is 219. The first-order valence-corrected chi connectivity index (χ1v) is 4.61. The summed E-state index contributed by atoms with van der Waals surface area (Å²) in [6.07, 6.45) is 5.14. The lowest BCUT2D eigenvalue weighted by atomic mass is 9.90. The van der Waals surface area contributed by atoms with Crippen LogP contribution in [0, 0.1) is 11.8 Å². The van der Waals surface area contributed by atoms with Crippen molar-refractivity contribution >= 4 is 11.8 Å². The Morgan fingerprint density at radius 2 is 1.83 bits per heavy atom. The highest BCUT2D eigenvalue weighted by Gasteiger charge is 2.37. The quantitative estimate of drug-likeness (QED) is 0.588. The van der Waals surface area contributed by atoms with Crippen LogP contribution in [0.1, 0.15) is 32.1 Å². The summed E-state index contributed by atoms with van der Waals surface area (Å²) in [4.78, 5) is 22.1. The molecule has 1 aliphatic heterocycles. The van der Waals surface area contributed by atoms with Crippen molar-refractivity contribution in [2.45, 2.75) is 32.1 Å². The fourth-order valence-electron chi connectivity index (χ4n) is 2.31. The summed E-state index contributed by atoms with van der Waals surface area (Å²) in [5.74, 6) is 0.361. The second-order valence-electron chi connectivity index (χ2n) is 3.77. The number of carbonyl (C=O) groups excluding carboxylic acids is 2. The third-order valence-electron chi connectivity index (χ3n) is 2.97. The van der Waals surface area contributed by atoms with Crippen LogP contribution in [0.5, 0.6) is 0 Å². The van der Waals surface area contributed by atoms with E-state index in [-0.39, 0.29) is 17.7 Å². The molecule has 2 fully saturated rings. The molecule has 0 aromatic heterocycles. The summed E-state index contributed by atoms with van der Waals surface area (Å²) < 4.78 is 0. The van der Waals surface area contributed by atoms with Crippen molar-refractivity contribution in [3.05, 3.63) is 0 Å². The SMILES string of the molecule is O=C1CC(C2CCCC2)C(=O)N1. The maximum atomic E-state index is 11.2. The van der Waals surface area contributed by atoms with Crippen LogP contribution < -0.4 is 5.32 Å². The molecule has 1 unspecified atom stereocenters. The first-order valence-electron chi connectivity index (χ1n) is 4.61. The highest BCUT2D eigenvalue weighted by molar-refractivity contribution is 6.03. The van der Waals surface area contributed by atoms with Gasteiger partial charge in [0.2, 0.25) is 11.8 Å². The lowest BCUT2D eigenvalue weighted by Gasteiger charge is -2.12. The van der Waals surface area contributed by atoms with E-state index in [0.29, 0.717) is 12.3 Å². The topological polar surface area (TPSA) is 46.2 Å². The van der Waals surface area contributed by atoms with Gasteiger partial charge in [0.05, 0.1) is 0 Å². The van der Waals surface area contributed by atoms with Crippen molar-refractivity contribution in [2.75, 3.05) is 0 Å². The maximum Gasteiger partial charge on any atom is 0.230 e. The molecule has 2 amide bonds. The Balaban J connectivity index is 2.03. The first kappa shape index (κ1) is 7.77. The van der Waals surface area contributed by atoms with Gasteiger partial charge in [-0.25, -0.2) is 0 Å². The summed E-state index contributed by atoms with van der Waals surface area (Å²) in [6, 6.07) is 0. The number of hydrogen-bond donors (Lipinski definition) is 1.